The summed E-state index contributed by atoms with van der Waals surface area (Å²) in [6.45, 7) is 3.79. The molecule has 1 amide bonds. The van der Waals surface area contributed by atoms with Crippen LogP contribution in [-0.2, 0) is 16.6 Å². The summed E-state index contributed by atoms with van der Waals surface area (Å²) in [6.07, 6.45) is 9.37. The maximum atomic E-state index is 12.9. The van der Waals surface area contributed by atoms with E-state index in [-0.39, 0.29) is 28.7 Å². The zero-order valence-corrected chi connectivity index (χ0v) is 24.2. The Bertz CT molecular complexity index is 1450. The van der Waals surface area contributed by atoms with Crippen LogP contribution < -0.4 is 29.8 Å². The zero-order chi connectivity index (χ0) is 29.9. The van der Waals surface area contributed by atoms with E-state index in [1.165, 1.54) is 51.0 Å². The van der Waals surface area contributed by atoms with Gasteiger partial charge in [0.05, 0.1) is 26.3 Å². The number of methoxy groups -OCH3 is 2. The lowest BCUT2D eigenvalue weighted by Gasteiger charge is -2.14. The highest BCUT2D eigenvalue weighted by molar-refractivity contribution is 6.03. The highest BCUT2D eigenvalue weighted by Gasteiger charge is 2.18. The van der Waals surface area contributed by atoms with Gasteiger partial charge in [0.1, 0.15) is 0 Å². The molecule has 41 heavy (non-hydrogen) atoms. The van der Waals surface area contributed by atoms with E-state index in [1.54, 1.807) is 43.5 Å². The van der Waals surface area contributed by atoms with Crippen molar-refractivity contribution in [2.24, 2.45) is 7.05 Å². The van der Waals surface area contributed by atoms with Crippen molar-refractivity contribution in [3.05, 3.63) is 52.3 Å². The number of esters is 1. The van der Waals surface area contributed by atoms with Gasteiger partial charge in [-0.15, -0.1) is 0 Å². The standard InChI is InChI=1S/C31H38N2O8/c1-6-7-8-9-10-11-16-40-30-28(36)23-14-13-22(19-24(23)33(3)31(30)37)32-27(35)15-12-21-17-25(38-4)29(41-20(2)34)26(18-21)39-5/h12-15,17-19,36H,6-11,16H2,1-5H3,(H,32,35)/b15-12+. The van der Waals surface area contributed by atoms with Gasteiger partial charge in [-0.1, -0.05) is 39.0 Å². The second kappa shape index (κ2) is 14.8. The van der Waals surface area contributed by atoms with Crippen LogP contribution in [-0.4, -0.2) is 42.4 Å². The van der Waals surface area contributed by atoms with Gasteiger partial charge in [0, 0.05) is 31.1 Å². The van der Waals surface area contributed by atoms with Crippen molar-refractivity contribution in [3.63, 3.8) is 0 Å². The summed E-state index contributed by atoms with van der Waals surface area (Å²) < 4.78 is 22.9. The second-order valence-corrected chi connectivity index (χ2v) is 9.56. The molecule has 2 aromatic carbocycles. The molecule has 0 atom stereocenters. The lowest BCUT2D eigenvalue weighted by Crippen LogP contribution is -2.20. The molecule has 0 aliphatic heterocycles. The first kappa shape index (κ1) is 31.1. The topological polar surface area (TPSA) is 125 Å². The molecule has 0 saturated heterocycles. The van der Waals surface area contributed by atoms with E-state index in [1.807, 2.05) is 0 Å². The molecule has 1 heterocycles. The van der Waals surface area contributed by atoms with Crippen LogP contribution in [0.5, 0.6) is 28.7 Å². The third kappa shape index (κ3) is 8.03. The van der Waals surface area contributed by atoms with Gasteiger partial charge >= 0.3 is 5.97 Å². The van der Waals surface area contributed by atoms with Crippen LogP contribution in [0.3, 0.4) is 0 Å². The van der Waals surface area contributed by atoms with E-state index in [9.17, 15) is 19.5 Å². The third-order valence-electron chi connectivity index (χ3n) is 6.50. The maximum Gasteiger partial charge on any atom is 0.308 e. The quantitative estimate of drug-likeness (QED) is 0.112. The van der Waals surface area contributed by atoms with Crippen molar-refractivity contribution in [3.8, 4) is 28.7 Å². The molecule has 220 valence electrons. The fourth-order valence-electron chi connectivity index (χ4n) is 4.36. The van der Waals surface area contributed by atoms with E-state index in [4.69, 9.17) is 18.9 Å². The summed E-state index contributed by atoms with van der Waals surface area (Å²) in [6, 6.07) is 8.08. The molecule has 2 N–H and O–H groups in total. The average molecular weight is 567 g/mol. The second-order valence-electron chi connectivity index (χ2n) is 9.56. The van der Waals surface area contributed by atoms with Crippen molar-refractivity contribution in [2.75, 3.05) is 26.1 Å². The molecule has 10 nitrogen and oxygen atoms in total. The zero-order valence-electron chi connectivity index (χ0n) is 24.2. The highest BCUT2D eigenvalue weighted by Crippen LogP contribution is 2.39. The Labute approximate surface area is 239 Å². The van der Waals surface area contributed by atoms with Gasteiger partial charge in [0.25, 0.3) is 5.56 Å². The number of carbonyl (C=O) groups is 2. The van der Waals surface area contributed by atoms with Crippen LogP contribution in [0, 0.1) is 0 Å². The Morgan fingerprint density at radius 3 is 2.27 bits per heavy atom. The van der Waals surface area contributed by atoms with Crippen molar-refractivity contribution in [2.45, 2.75) is 52.4 Å². The van der Waals surface area contributed by atoms with Gasteiger partial charge in [0.15, 0.2) is 17.2 Å². The van der Waals surface area contributed by atoms with Gasteiger partial charge in [-0.25, -0.2) is 0 Å². The molecule has 0 aliphatic rings. The van der Waals surface area contributed by atoms with E-state index in [0.717, 1.165) is 19.3 Å². The fraction of sp³-hybridized carbons (Fsp3) is 0.387. The van der Waals surface area contributed by atoms with E-state index in [2.05, 4.69) is 12.2 Å². The summed E-state index contributed by atoms with van der Waals surface area (Å²) in [5, 5.41) is 14.0. The summed E-state index contributed by atoms with van der Waals surface area (Å²) in [5.41, 5.74) is 0.993. The predicted molar refractivity (Wildman–Crippen MR) is 158 cm³/mol. The van der Waals surface area contributed by atoms with Crippen molar-refractivity contribution in [1.82, 2.24) is 4.57 Å². The number of nitrogens with zero attached hydrogens (tertiary/aromatic N) is 1. The van der Waals surface area contributed by atoms with E-state index in [0.29, 0.717) is 28.8 Å². The molecule has 1 aromatic heterocycles. The largest absolute Gasteiger partial charge is 0.504 e. The number of unbranched alkanes of at least 4 members (excludes halogenated alkanes) is 5. The molecule has 0 fully saturated rings. The number of fused-ring (bicyclic) bond motifs is 1. The van der Waals surface area contributed by atoms with E-state index >= 15 is 0 Å². The van der Waals surface area contributed by atoms with Gasteiger partial charge in [-0.2, -0.15) is 0 Å². The molecule has 0 unspecified atom stereocenters. The first-order chi connectivity index (χ1) is 19.7. The predicted octanol–water partition coefficient (Wildman–Crippen LogP) is 5.58. The first-order valence-electron chi connectivity index (χ1n) is 13.6. The number of rotatable bonds is 14. The van der Waals surface area contributed by atoms with Crippen LogP contribution in [0.1, 0.15) is 57.9 Å². The van der Waals surface area contributed by atoms with Gasteiger partial charge < -0.3 is 33.9 Å². The lowest BCUT2D eigenvalue weighted by atomic mass is 10.1. The number of nitrogens with one attached hydrogen (secondary N) is 1. The molecule has 3 rings (SSSR count). The Kier molecular flexibility index (Phi) is 11.2. The number of amides is 1. The average Bonchev–Trinajstić information content (AvgIpc) is 2.96. The minimum absolute atomic E-state index is 0.0705. The summed E-state index contributed by atoms with van der Waals surface area (Å²) in [4.78, 5) is 37.0. The number of aryl methyl sites for hydroxylation is 1. The number of carbonyl (C=O) groups excluding carboxylic acids is 2. The number of aromatic nitrogens is 1. The number of pyridine rings is 1. The molecule has 0 bridgehead atoms. The smallest absolute Gasteiger partial charge is 0.308 e. The molecule has 0 spiro atoms. The van der Waals surface area contributed by atoms with Crippen molar-refractivity contribution >= 4 is 34.5 Å². The molecule has 0 aliphatic carbocycles. The van der Waals surface area contributed by atoms with E-state index < -0.39 is 17.4 Å². The van der Waals surface area contributed by atoms with Gasteiger partial charge in [-0.05, 0) is 48.4 Å². The Morgan fingerprint density at radius 2 is 1.63 bits per heavy atom. The van der Waals surface area contributed by atoms with Crippen molar-refractivity contribution in [1.29, 1.82) is 0 Å². The monoisotopic (exact) mass is 566 g/mol. The normalized spacial score (nSPS) is 11.0. The SMILES string of the molecule is CCCCCCCCOc1c(O)c2ccc(NC(=O)/C=C/c3cc(OC)c(OC(C)=O)c(OC)c3)cc2n(C)c1=O. The number of hydrogen-bond acceptors (Lipinski definition) is 8. The number of benzene rings is 2. The summed E-state index contributed by atoms with van der Waals surface area (Å²) >= 11 is 0. The van der Waals surface area contributed by atoms with Crippen LogP contribution in [0.25, 0.3) is 17.0 Å². The third-order valence-corrected chi connectivity index (χ3v) is 6.50. The van der Waals surface area contributed by atoms with Crippen LogP contribution >= 0.6 is 0 Å². The molecular formula is C31H38N2O8. The first-order valence-corrected chi connectivity index (χ1v) is 13.6. The Hall–Kier alpha value is -4.47. The van der Waals surface area contributed by atoms with Gasteiger partial charge in [-0.3, -0.25) is 14.4 Å². The molecule has 3 aromatic rings. The Balaban J connectivity index is 1.74. The number of anilines is 1. The minimum atomic E-state index is -0.526. The van der Waals surface area contributed by atoms with Crippen LogP contribution in [0.2, 0.25) is 0 Å². The Morgan fingerprint density at radius 1 is 0.976 bits per heavy atom. The summed E-state index contributed by atoms with van der Waals surface area (Å²) in [7, 11) is 4.45. The number of aromatic hydroxyl groups is 1. The fourth-order valence-corrected chi connectivity index (χ4v) is 4.36. The highest BCUT2D eigenvalue weighted by atomic mass is 16.6. The molecular weight excluding hydrogens is 528 g/mol. The van der Waals surface area contributed by atoms with Gasteiger partial charge in [0.2, 0.25) is 17.4 Å². The van der Waals surface area contributed by atoms with Crippen molar-refractivity contribution < 1.29 is 33.6 Å². The van der Waals surface area contributed by atoms with Crippen LogP contribution in [0.15, 0.2) is 41.2 Å². The minimum Gasteiger partial charge on any atom is -0.504 e. The number of hydrogen-bond donors (Lipinski definition) is 2. The van der Waals surface area contributed by atoms with Crippen LogP contribution in [0.4, 0.5) is 5.69 Å². The maximum absolute atomic E-state index is 12.9. The molecule has 10 heteroatoms. The molecule has 0 radical (unpaired) electrons. The summed E-state index contributed by atoms with van der Waals surface area (Å²) in [5.74, 6) is -0.562. The lowest BCUT2D eigenvalue weighted by molar-refractivity contribution is -0.132. The molecule has 0 saturated carbocycles. The number of ether oxygens (including phenoxy) is 4.